The van der Waals surface area contributed by atoms with Crippen molar-refractivity contribution in [3.8, 4) is 0 Å². The Labute approximate surface area is 91.5 Å². The largest absolute Gasteiger partial charge is 0.263 e. The van der Waals surface area contributed by atoms with E-state index in [1.807, 2.05) is 24.2 Å². The van der Waals surface area contributed by atoms with Crippen LogP contribution in [0.4, 0.5) is 0 Å². The number of thioether (sulfide) groups is 1. The third-order valence-electron chi connectivity index (χ3n) is 2.33. The lowest BCUT2D eigenvalue weighted by Gasteiger charge is -2.09. The van der Waals surface area contributed by atoms with Gasteiger partial charge in [-0.2, -0.15) is 0 Å². The van der Waals surface area contributed by atoms with Gasteiger partial charge in [0.15, 0.2) is 0 Å². The van der Waals surface area contributed by atoms with Crippen LogP contribution in [0.1, 0.15) is 25.7 Å². The lowest BCUT2D eigenvalue weighted by atomic mass is 10.4. The smallest absolute Gasteiger partial charge is 0.0494 e. The Morgan fingerprint density at radius 3 is 2.85 bits per heavy atom. The molecule has 0 atom stereocenters. The Morgan fingerprint density at radius 2 is 2.15 bits per heavy atom. The van der Waals surface area contributed by atoms with Crippen molar-refractivity contribution in [2.45, 2.75) is 35.8 Å². The first-order valence-electron chi connectivity index (χ1n) is 4.62. The number of hydrogen-bond donors (Lipinski definition) is 0. The molecule has 0 N–H and O–H groups in total. The first kappa shape index (κ1) is 9.53. The first-order valence-corrected chi connectivity index (χ1v) is 6.30. The molecule has 3 heteroatoms. The maximum Gasteiger partial charge on any atom is 0.0494 e. The molecule has 1 heterocycles. The Bertz CT molecular complexity index is 284. The summed E-state index contributed by atoms with van der Waals surface area (Å²) in [6.07, 6.45) is 9.29. The van der Waals surface area contributed by atoms with Crippen LogP contribution in [-0.4, -0.2) is 10.2 Å². The van der Waals surface area contributed by atoms with Crippen LogP contribution in [0.25, 0.3) is 0 Å². The Morgan fingerprint density at radius 1 is 1.38 bits per heavy atom. The van der Waals surface area contributed by atoms with Crippen LogP contribution >= 0.6 is 27.7 Å². The standard InChI is InChI=1S/C10H12BrNS/c11-9-7-12-6-5-10(9)13-8-3-1-2-4-8/h5-8H,1-4H2. The molecule has 1 saturated carbocycles. The average molecular weight is 258 g/mol. The van der Waals surface area contributed by atoms with Crippen molar-refractivity contribution in [1.82, 2.24) is 4.98 Å². The van der Waals surface area contributed by atoms with Crippen LogP contribution < -0.4 is 0 Å². The van der Waals surface area contributed by atoms with E-state index in [1.165, 1.54) is 30.6 Å². The summed E-state index contributed by atoms with van der Waals surface area (Å²) in [4.78, 5) is 5.39. The predicted octanol–water partition coefficient (Wildman–Crippen LogP) is 3.88. The first-order chi connectivity index (χ1) is 6.36. The zero-order valence-corrected chi connectivity index (χ0v) is 9.77. The number of aromatic nitrogens is 1. The van der Waals surface area contributed by atoms with E-state index in [0.29, 0.717) is 0 Å². The molecule has 1 aliphatic carbocycles. The summed E-state index contributed by atoms with van der Waals surface area (Å²) >= 11 is 5.51. The third kappa shape index (κ3) is 2.47. The molecule has 0 radical (unpaired) electrons. The van der Waals surface area contributed by atoms with Crippen LogP contribution in [0, 0.1) is 0 Å². The normalized spacial score (nSPS) is 17.9. The molecule has 0 unspecified atom stereocenters. The van der Waals surface area contributed by atoms with E-state index in [1.54, 1.807) is 0 Å². The maximum absolute atomic E-state index is 4.06. The highest BCUT2D eigenvalue weighted by Gasteiger charge is 2.16. The van der Waals surface area contributed by atoms with Gasteiger partial charge in [0, 0.05) is 27.0 Å². The summed E-state index contributed by atoms with van der Waals surface area (Å²) in [5, 5.41) is 0.832. The van der Waals surface area contributed by atoms with Gasteiger partial charge in [-0.3, -0.25) is 4.98 Å². The van der Waals surface area contributed by atoms with Gasteiger partial charge >= 0.3 is 0 Å². The molecule has 1 fully saturated rings. The summed E-state index contributed by atoms with van der Waals surface area (Å²) in [7, 11) is 0. The molecule has 0 spiro atoms. The minimum Gasteiger partial charge on any atom is -0.263 e. The number of halogens is 1. The number of hydrogen-bond acceptors (Lipinski definition) is 2. The molecule has 13 heavy (non-hydrogen) atoms. The Kier molecular flexibility index (Phi) is 3.28. The van der Waals surface area contributed by atoms with E-state index < -0.39 is 0 Å². The lowest BCUT2D eigenvalue weighted by Crippen LogP contribution is -1.93. The Balaban J connectivity index is 2.04. The molecule has 1 aliphatic rings. The zero-order valence-electron chi connectivity index (χ0n) is 7.37. The summed E-state index contributed by atoms with van der Waals surface area (Å²) < 4.78 is 1.13. The fourth-order valence-corrected chi connectivity index (χ4v) is 3.41. The highest BCUT2D eigenvalue weighted by atomic mass is 79.9. The van der Waals surface area contributed by atoms with Crippen molar-refractivity contribution in [1.29, 1.82) is 0 Å². The fourth-order valence-electron chi connectivity index (χ4n) is 1.64. The highest BCUT2D eigenvalue weighted by Crippen LogP contribution is 2.37. The molecular formula is C10H12BrNS. The second-order valence-electron chi connectivity index (χ2n) is 3.33. The Hall–Kier alpha value is -0.0200. The van der Waals surface area contributed by atoms with Gasteiger partial charge in [0.2, 0.25) is 0 Å². The number of pyridine rings is 1. The van der Waals surface area contributed by atoms with Crippen molar-refractivity contribution in [2.75, 3.05) is 0 Å². The monoisotopic (exact) mass is 257 g/mol. The van der Waals surface area contributed by atoms with E-state index in [2.05, 4.69) is 27.0 Å². The molecule has 2 rings (SSSR count). The van der Waals surface area contributed by atoms with Gasteiger partial charge in [0.1, 0.15) is 0 Å². The number of nitrogens with zero attached hydrogens (tertiary/aromatic N) is 1. The second-order valence-corrected chi connectivity index (χ2v) is 5.53. The van der Waals surface area contributed by atoms with Crippen molar-refractivity contribution >= 4 is 27.7 Å². The van der Waals surface area contributed by atoms with E-state index in [4.69, 9.17) is 0 Å². The molecule has 0 amide bonds. The number of rotatable bonds is 2. The molecule has 0 bridgehead atoms. The minimum absolute atomic E-state index is 0.832. The van der Waals surface area contributed by atoms with Gasteiger partial charge < -0.3 is 0 Å². The van der Waals surface area contributed by atoms with E-state index in [0.717, 1.165) is 9.72 Å². The quantitative estimate of drug-likeness (QED) is 0.798. The zero-order chi connectivity index (χ0) is 9.10. The van der Waals surface area contributed by atoms with Gasteiger partial charge in [0.05, 0.1) is 0 Å². The summed E-state index contributed by atoms with van der Waals surface area (Å²) in [5.41, 5.74) is 0. The van der Waals surface area contributed by atoms with Crippen LogP contribution in [0.15, 0.2) is 27.8 Å². The van der Waals surface area contributed by atoms with Crippen molar-refractivity contribution in [3.63, 3.8) is 0 Å². The van der Waals surface area contributed by atoms with Gasteiger partial charge in [0.25, 0.3) is 0 Å². The molecule has 0 saturated heterocycles. The molecule has 1 nitrogen and oxygen atoms in total. The van der Waals surface area contributed by atoms with Gasteiger partial charge in [-0.05, 0) is 34.8 Å². The lowest BCUT2D eigenvalue weighted by molar-refractivity contribution is 0.886. The summed E-state index contributed by atoms with van der Waals surface area (Å²) in [5.74, 6) is 0. The fraction of sp³-hybridized carbons (Fsp3) is 0.500. The molecule has 70 valence electrons. The second kappa shape index (κ2) is 4.47. The van der Waals surface area contributed by atoms with E-state index >= 15 is 0 Å². The molecular weight excluding hydrogens is 246 g/mol. The SMILES string of the molecule is Brc1cnccc1SC1CCCC1. The van der Waals surface area contributed by atoms with E-state index in [-0.39, 0.29) is 0 Å². The van der Waals surface area contributed by atoms with Crippen LogP contribution in [0.5, 0.6) is 0 Å². The van der Waals surface area contributed by atoms with Crippen molar-refractivity contribution in [2.24, 2.45) is 0 Å². The molecule has 0 aromatic carbocycles. The van der Waals surface area contributed by atoms with E-state index in [9.17, 15) is 0 Å². The van der Waals surface area contributed by atoms with Gasteiger partial charge in [-0.25, -0.2) is 0 Å². The molecule has 1 aromatic rings. The van der Waals surface area contributed by atoms with Crippen LogP contribution in [-0.2, 0) is 0 Å². The maximum atomic E-state index is 4.06. The molecule has 0 aliphatic heterocycles. The van der Waals surface area contributed by atoms with Crippen LogP contribution in [0.3, 0.4) is 0 Å². The van der Waals surface area contributed by atoms with Crippen LogP contribution in [0.2, 0.25) is 0 Å². The third-order valence-corrected chi connectivity index (χ3v) is 4.64. The molecule has 1 aromatic heterocycles. The summed E-state index contributed by atoms with van der Waals surface area (Å²) in [6, 6.07) is 2.09. The van der Waals surface area contributed by atoms with Crippen molar-refractivity contribution < 1.29 is 0 Å². The van der Waals surface area contributed by atoms with Crippen molar-refractivity contribution in [3.05, 3.63) is 22.9 Å². The minimum atomic E-state index is 0.832. The van der Waals surface area contributed by atoms with Gasteiger partial charge in [-0.15, -0.1) is 11.8 Å². The highest BCUT2D eigenvalue weighted by molar-refractivity contribution is 9.10. The van der Waals surface area contributed by atoms with Gasteiger partial charge in [-0.1, -0.05) is 12.8 Å². The average Bonchev–Trinajstić information content (AvgIpc) is 2.61. The topological polar surface area (TPSA) is 12.9 Å². The predicted molar refractivity (Wildman–Crippen MR) is 60.1 cm³/mol. The summed E-state index contributed by atoms with van der Waals surface area (Å²) in [6.45, 7) is 0.